The number of hydrogen-bond donors (Lipinski definition) is 0. The van der Waals surface area contributed by atoms with E-state index in [9.17, 15) is 0 Å². The fourth-order valence-corrected chi connectivity index (χ4v) is 1.59. The van der Waals surface area contributed by atoms with Crippen molar-refractivity contribution < 1.29 is 0 Å². The van der Waals surface area contributed by atoms with Gasteiger partial charge in [-0.2, -0.15) is 15.6 Å². The van der Waals surface area contributed by atoms with E-state index >= 15 is 0 Å². The quantitative estimate of drug-likeness (QED) is 0.717. The van der Waals surface area contributed by atoms with E-state index in [1.807, 2.05) is 6.07 Å². The van der Waals surface area contributed by atoms with Crippen molar-refractivity contribution in [3.8, 4) is 12.1 Å². The van der Waals surface area contributed by atoms with E-state index < -0.39 is 0 Å². The van der Waals surface area contributed by atoms with Gasteiger partial charge in [0.05, 0.1) is 17.8 Å². The second-order valence-electron chi connectivity index (χ2n) is 3.87. The third-order valence-electron chi connectivity index (χ3n) is 2.67. The number of rotatable bonds is 3. The maximum Gasteiger partial charge on any atom is 0.102 e. The summed E-state index contributed by atoms with van der Waals surface area (Å²) in [5.41, 5.74) is 0.728. The molecule has 4 heteroatoms. The molecule has 1 aliphatic carbocycles. The molecule has 0 amide bonds. The van der Waals surface area contributed by atoms with E-state index in [4.69, 9.17) is 10.5 Å². The third kappa shape index (κ3) is 1.60. The lowest BCUT2D eigenvalue weighted by molar-refractivity contribution is 0.404. The molecule has 70 valence electrons. The van der Waals surface area contributed by atoms with E-state index in [-0.39, 0.29) is 5.41 Å². The third-order valence-corrected chi connectivity index (χ3v) is 2.67. The zero-order valence-electron chi connectivity index (χ0n) is 7.77. The molecule has 1 aliphatic rings. The van der Waals surface area contributed by atoms with Crippen LogP contribution in [-0.2, 0) is 6.54 Å². The summed E-state index contributed by atoms with van der Waals surface area (Å²) in [5, 5.41) is 21.3. The minimum absolute atomic E-state index is 0.146. The van der Waals surface area contributed by atoms with Crippen molar-refractivity contribution in [3.63, 3.8) is 0 Å². The minimum atomic E-state index is 0.146. The van der Waals surface area contributed by atoms with Crippen LogP contribution in [0, 0.1) is 28.1 Å². The SMILES string of the molecule is N#CCC1(Cn2cc(C#N)cn2)CC1. The molecule has 0 unspecified atom stereocenters. The van der Waals surface area contributed by atoms with Crippen LogP contribution in [0.4, 0.5) is 0 Å². The van der Waals surface area contributed by atoms with Crippen LogP contribution in [0.3, 0.4) is 0 Å². The normalized spacial score (nSPS) is 17.0. The molecular formula is C10H10N4. The molecule has 0 radical (unpaired) electrons. The van der Waals surface area contributed by atoms with Crippen molar-refractivity contribution in [2.75, 3.05) is 0 Å². The second kappa shape index (κ2) is 3.16. The molecule has 1 saturated carbocycles. The van der Waals surface area contributed by atoms with Gasteiger partial charge in [-0.05, 0) is 12.8 Å². The predicted molar refractivity (Wildman–Crippen MR) is 48.8 cm³/mol. The van der Waals surface area contributed by atoms with Crippen LogP contribution in [-0.4, -0.2) is 9.78 Å². The summed E-state index contributed by atoms with van der Waals surface area (Å²) in [6, 6.07) is 4.24. The first-order valence-corrected chi connectivity index (χ1v) is 4.57. The molecule has 1 aromatic rings. The lowest BCUT2D eigenvalue weighted by Crippen LogP contribution is -2.11. The van der Waals surface area contributed by atoms with E-state index in [0.29, 0.717) is 12.0 Å². The summed E-state index contributed by atoms with van der Waals surface area (Å²) < 4.78 is 1.77. The van der Waals surface area contributed by atoms with Gasteiger partial charge in [0.15, 0.2) is 0 Å². The molecule has 0 saturated heterocycles. The predicted octanol–water partition coefficient (Wildman–Crippen LogP) is 1.45. The van der Waals surface area contributed by atoms with Gasteiger partial charge in [0, 0.05) is 24.6 Å². The van der Waals surface area contributed by atoms with Crippen molar-refractivity contribution in [3.05, 3.63) is 18.0 Å². The molecule has 0 aliphatic heterocycles. The van der Waals surface area contributed by atoms with Crippen LogP contribution in [0.15, 0.2) is 12.4 Å². The highest BCUT2D eigenvalue weighted by molar-refractivity contribution is 5.21. The zero-order valence-corrected chi connectivity index (χ0v) is 7.77. The number of nitriles is 2. The fourth-order valence-electron chi connectivity index (χ4n) is 1.59. The van der Waals surface area contributed by atoms with Crippen LogP contribution in [0.2, 0.25) is 0 Å². The monoisotopic (exact) mass is 186 g/mol. The van der Waals surface area contributed by atoms with E-state index in [2.05, 4.69) is 11.2 Å². The highest BCUT2D eigenvalue weighted by Crippen LogP contribution is 2.49. The van der Waals surface area contributed by atoms with Gasteiger partial charge in [0.2, 0.25) is 0 Å². The van der Waals surface area contributed by atoms with Crippen molar-refractivity contribution in [1.29, 1.82) is 10.5 Å². The summed E-state index contributed by atoms with van der Waals surface area (Å²) in [5.74, 6) is 0. The fraction of sp³-hybridized carbons (Fsp3) is 0.500. The Bertz CT molecular complexity index is 414. The van der Waals surface area contributed by atoms with Crippen molar-refractivity contribution in [2.24, 2.45) is 5.41 Å². The molecule has 1 heterocycles. The highest BCUT2D eigenvalue weighted by atomic mass is 15.3. The van der Waals surface area contributed by atoms with Gasteiger partial charge >= 0.3 is 0 Å². The van der Waals surface area contributed by atoms with Crippen LogP contribution < -0.4 is 0 Å². The van der Waals surface area contributed by atoms with Gasteiger partial charge in [-0.25, -0.2) is 0 Å². The summed E-state index contributed by atoms with van der Waals surface area (Å²) in [6.45, 7) is 0.766. The van der Waals surface area contributed by atoms with Gasteiger partial charge in [-0.3, -0.25) is 4.68 Å². The number of hydrogen-bond acceptors (Lipinski definition) is 3. The van der Waals surface area contributed by atoms with Crippen LogP contribution in [0.1, 0.15) is 24.8 Å². The summed E-state index contributed by atoms with van der Waals surface area (Å²) in [7, 11) is 0. The number of aromatic nitrogens is 2. The first-order valence-electron chi connectivity index (χ1n) is 4.57. The van der Waals surface area contributed by atoms with E-state index in [0.717, 1.165) is 19.4 Å². The molecule has 1 aromatic heterocycles. The van der Waals surface area contributed by atoms with E-state index in [1.54, 1.807) is 17.1 Å². The van der Waals surface area contributed by atoms with Crippen molar-refractivity contribution >= 4 is 0 Å². The maximum absolute atomic E-state index is 8.64. The molecule has 0 bridgehead atoms. The Labute approximate surface area is 82.4 Å². The highest BCUT2D eigenvalue weighted by Gasteiger charge is 2.42. The first-order chi connectivity index (χ1) is 6.78. The van der Waals surface area contributed by atoms with Gasteiger partial charge in [-0.15, -0.1) is 0 Å². The molecular weight excluding hydrogens is 176 g/mol. The van der Waals surface area contributed by atoms with Gasteiger partial charge in [0.25, 0.3) is 0 Å². The zero-order chi connectivity index (χ0) is 10.0. The molecule has 0 aromatic carbocycles. The molecule has 0 atom stereocenters. The Balaban J connectivity index is 2.05. The average molecular weight is 186 g/mol. The Kier molecular flexibility index (Phi) is 1.98. The summed E-state index contributed by atoms with van der Waals surface area (Å²) >= 11 is 0. The Morgan fingerprint density at radius 3 is 2.79 bits per heavy atom. The lowest BCUT2D eigenvalue weighted by Gasteiger charge is -2.09. The largest absolute Gasteiger partial charge is 0.271 e. The van der Waals surface area contributed by atoms with Crippen LogP contribution in [0.5, 0.6) is 0 Å². The molecule has 1 fully saturated rings. The Morgan fingerprint density at radius 1 is 1.50 bits per heavy atom. The van der Waals surface area contributed by atoms with Crippen LogP contribution >= 0.6 is 0 Å². The van der Waals surface area contributed by atoms with Gasteiger partial charge in [0.1, 0.15) is 6.07 Å². The maximum atomic E-state index is 8.64. The van der Waals surface area contributed by atoms with E-state index in [1.165, 1.54) is 0 Å². The number of nitrogens with zero attached hydrogens (tertiary/aromatic N) is 4. The van der Waals surface area contributed by atoms with Crippen molar-refractivity contribution in [1.82, 2.24) is 9.78 Å². The van der Waals surface area contributed by atoms with Gasteiger partial charge in [-0.1, -0.05) is 0 Å². The molecule has 0 spiro atoms. The average Bonchev–Trinajstić information content (AvgIpc) is 2.78. The second-order valence-corrected chi connectivity index (χ2v) is 3.87. The topological polar surface area (TPSA) is 65.4 Å². The van der Waals surface area contributed by atoms with Crippen molar-refractivity contribution in [2.45, 2.75) is 25.8 Å². The summed E-state index contributed by atoms with van der Waals surface area (Å²) in [4.78, 5) is 0. The van der Waals surface area contributed by atoms with Gasteiger partial charge < -0.3 is 0 Å². The first kappa shape index (κ1) is 8.77. The summed E-state index contributed by atoms with van der Waals surface area (Å²) in [6.07, 6.45) is 6.08. The Morgan fingerprint density at radius 2 is 2.29 bits per heavy atom. The minimum Gasteiger partial charge on any atom is -0.271 e. The Hall–Kier alpha value is -1.81. The molecule has 14 heavy (non-hydrogen) atoms. The molecule has 2 rings (SSSR count). The molecule has 0 N–H and O–H groups in total. The lowest BCUT2D eigenvalue weighted by atomic mass is 10.0. The standard InChI is InChI=1S/C10H10N4/c11-4-3-10(1-2-10)8-14-7-9(5-12)6-13-14/h6-7H,1-3,8H2. The smallest absolute Gasteiger partial charge is 0.102 e. The van der Waals surface area contributed by atoms with Crippen LogP contribution in [0.25, 0.3) is 0 Å². The molecule has 4 nitrogen and oxygen atoms in total.